The summed E-state index contributed by atoms with van der Waals surface area (Å²) in [5.74, 6) is 1.71. The Labute approximate surface area is 112 Å². The van der Waals surface area contributed by atoms with E-state index in [4.69, 9.17) is 0 Å². The highest BCUT2D eigenvalue weighted by atomic mass is 14.5. The third kappa shape index (κ3) is 2.35. The molecule has 18 heavy (non-hydrogen) atoms. The molecule has 0 atom stereocenters. The van der Waals surface area contributed by atoms with Crippen LogP contribution in [0.25, 0.3) is 0 Å². The van der Waals surface area contributed by atoms with Crippen molar-refractivity contribution in [3.05, 3.63) is 41.3 Å². The van der Waals surface area contributed by atoms with Gasteiger partial charge in [0.25, 0.3) is 0 Å². The van der Waals surface area contributed by atoms with Crippen molar-refractivity contribution in [3.8, 4) is 0 Å². The fraction of sp³-hybridized carbons (Fsp3) is 0.611. The smallest absolute Gasteiger partial charge is 0.00503 e. The van der Waals surface area contributed by atoms with E-state index in [0.717, 1.165) is 5.41 Å². The van der Waals surface area contributed by atoms with Gasteiger partial charge in [-0.05, 0) is 60.5 Å². The largest absolute Gasteiger partial charge is 0.0617 e. The van der Waals surface area contributed by atoms with Crippen LogP contribution >= 0.6 is 0 Å². The van der Waals surface area contributed by atoms with E-state index in [1.54, 1.807) is 5.92 Å². The summed E-state index contributed by atoms with van der Waals surface area (Å²) in [7, 11) is 0. The van der Waals surface area contributed by atoms with Gasteiger partial charge in [-0.2, -0.15) is 0 Å². The molecule has 97 valence electrons. The van der Waals surface area contributed by atoms with Crippen molar-refractivity contribution >= 4 is 0 Å². The fourth-order valence-electron chi connectivity index (χ4n) is 3.25. The SMILES string of the molecule is CC(C)(C)c1cccc([C]2CCC3(CC2)CC3)c1. The topological polar surface area (TPSA) is 0 Å². The molecule has 1 spiro atoms. The standard InChI is InChI=1S/C18H25/c1-17(2,3)16-6-4-5-15(13-16)14-7-9-18(10-8-14)11-12-18/h4-6,13H,7-12H2,1-3H3. The molecule has 2 aliphatic rings. The second-order valence-electron chi connectivity index (χ2n) is 7.43. The number of rotatable bonds is 1. The first-order valence-electron chi connectivity index (χ1n) is 7.44. The van der Waals surface area contributed by atoms with Gasteiger partial charge in [-0.25, -0.2) is 0 Å². The summed E-state index contributed by atoms with van der Waals surface area (Å²) in [5.41, 5.74) is 4.05. The highest BCUT2D eigenvalue weighted by molar-refractivity contribution is 5.37. The lowest BCUT2D eigenvalue weighted by atomic mass is 9.75. The van der Waals surface area contributed by atoms with E-state index >= 15 is 0 Å². The highest BCUT2D eigenvalue weighted by Crippen LogP contribution is 2.58. The van der Waals surface area contributed by atoms with Gasteiger partial charge in [-0.15, -0.1) is 0 Å². The molecule has 2 aliphatic carbocycles. The Bertz CT molecular complexity index is 422. The van der Waals surface area contributed by atoms with Gasteiger partial charge in [0.15, 0.2) is 0 Å². The second-order valence-corrected chi connectivity index (χ2v) is 7.43. The molecule has 2 saturated carbocycles. The quantitative estimate of drug-likeness (QED) is 0.629. The Morgan fingerprint density at radius 3 is 2.17 bits per heavy atom. The van der Waals surface area contributed by atoms with Crippen LogP contribution in [0.5, 0.6) is 0 Å². The van der Waals surface area contributed by atoms with E-state index in [2.05, 4.69) is 45.0 Å². The molecule has 0 unspecified atom stereocenters. The van der Waals surface area contributed by atoms with Crippen molar-refractivity contribution in [1.82, 2.24) is 0 Å². The number of hydrogen-bond acceptors (Lipinski definition) is 0. The van der Waals surface area contributed by atoms with Gasteiger partial charge >= 0.3 is 0 Å². The molecular formula is C18H25. The zero-order chi connectivity index (χ0) is 12.8. The predicted octanol–water partition coefficient (Wildman–Crippen LogP) is 5.26. The average Bonchev–Trinajstić information content (AvgIpc) is 3.09. The van der Waals surface area contributed by atoms with E-state index in [9.17, 15) is 0 Å². The van der Waals surface area contributed by atoms with Crippen molar-refractivity contribution in [2.24, 2.45) is 5.41 Å². The fourth-order valence-corrected chi connectivity index (χ4v) is 3.25. The molecule has 2 fully saturated rings. The zero-order valence-electron chi connectivity index (χ0n) is 12.1. The first kappa shape index (κ1) is 12.3. The van der Waals surface area contributed by atoms with E-state index in [-0.39, 0.29) is 5.41 Å². The molecule has 0 heterocycles. The summed E-state index contributed by atoms with van der Waals surface area (Å²) >= 11 is 0. The van der Waals surface area contributed by atoms with Crippen molar-refractivity contribution in [1.29, 1.82) is 0 Å². The maximum absolute atomic E-state index is 2.43. The minimum atomic E-state index is 0.267. The molecular weight excluding hydrogens is 216 g/mol. The maximum Gasteiger partial charge on any atom is 0.00503 e. The first-order chi connectivity index (χ1) is 8.49. The first-order valence-corrected chi connectivity index (χ1v) is 7.44. The molecule has 0 saturated heterocycles. The van der Waals surface area contributed by atoms with E-state index < -0.39 is 0 Å². The summed E-state index contributed by atoms with van der Waals surface area (Å²) in [6.07, 6.45) is 8.58. The minimum Gasteiger partial charge on any atom is -0.0617 e. The van der Waals surface area contributed by atoms with Gasteiger partial charge in [0.1, 0.15) is 0 Å². The third-order valence-corrected chi connectivity index (χ3v) is 5.01. The van der Waals surface area contributed by atoms with E-state index in [1.807, 2.05) is 0 Å². The lowest BCUT2D eigenvalue weighted by Gasteiger charge is -2.29. The molecule has 0 heteroatoms. The van der Waals surface area contributed by atoms with Crippen molar-refractivity contribution in [3.63, 3.8) is 0 Å². The summed E-state index contributed by atoms with van der Waals surface area (Å²) < 4.78 is 0. The van der Waals surface area contributed by atoms with Gasteiger partial charge < -0.3 is 0 Å². The molecule has 0 N–H and O–H groups in total. The summed E-state index contributed by atoms with van der Waals surface area (Å²) in [6.45, 7) is 6.91. The third-order valence-electron chi connectivity index (χ3n) is 5.01. The molecule has 3 rings (SSSR count). The highest BCUT2D eigenvalue weighted by Gasteiger charge is 2.44. The average molecular weight is 241 g/mol. The number of benzene rings is 1. The van der Waals surface area contributed by atoms with Crippen LogP contribution in [0.2, 0.25) is 0 Å². The lowest BCUT2D eigenvalue weighted by molar-refractivity contribution is 0.364. The monoisotopic (exact) mass is 241 g/mol. The lowest BCUT2D eigenvalue weighted by Crippen LogP contribution is -2.16. The van der Waals surface area contributed by atoms with Crippen LogP contribution in [0.15, 0.2) is 24.3 Å². The van der Waals surface area contributed by atoms with Crippen molar-refractivity contribution < 1.29 is 0 Å². The molecule has 1 aromatic carbocycles. The van der Waals surface area contributed by atoms with E-state index in [0.29, 0.717) is 0 Å². The van der Waals surface area contributed by atoms with Crippen LogP contribution in [0.4, 0.5) is 0 Å². The Hall–Kier alpha value is -0.780. The van der Waals surface area contributed by atoms with Crippen LogP contribution in [-0.4, -0.2) is 0 Å². The Morgan fingerprint density at radius 1 is 0.944 bits per heavy atom. The van der Waals surface area contributed by atoms with Crippen LogP contribution in [0.3, 0.4) is 0 Å². The molecule has 0 aromatic heterocycles. The van der Waals surface area contributed by atoms with Gasteiger partial charge in [0.2, 0.25) is 0 Å². The second kappa shape index (κ2) is 4.11. The number of hydrogen-bond donors (Lipinski definition) is 0. The predicted molar refractivity (Wildman–Crippen MR) is 77.6 cm³/mol. The van der Waals surface area contributed by atoms with Gasteiger partial charge in [0, 0.05) is 5.92 Å². The van der Waals surface area contributed by atoms with Crippen LogP contribution in [0, 0.1) is 11.3 Å². The Kier molecular flexibility index (Phi) is 2.80. The zero-order valence-corrected chi connectivity index (χ0v) is 12.1. The summed E-state index contributed by atoms with van der Waals surface area (Å²) in [6, 6.07) is 9.26. The Balaban J connectivity index is 1.76. The van der Waals surface area contributed by atoms with Crippen LogP contribution < -0.4 is 0 Å². The molecule has 0 aliphatic heterocycles. The van der Waals surface area contributed by atoms with Gasteiger partial charge in [-0.1, -0.05) is 45.0 Å². The Morgan fingerprint density at radius 2 is 1.61 bits per heavy atom. The normalized spacial score (nSPS) is 23.3. The summed E-state index contributed by atoms with van der Waals surface area (Å²) in [5, 5.41) is 0. The van der Waals surface area contributed by atoms with Crippen molar-refractivity contribution in [2.45, 2.75) is 64.7 Å². The maximum atomic E-state index is 2.43. The van der Waals surface area contributed by atoms with Crippen LogP contribution in [-0.2, 0) is 5.41 Å². The summed E-state index contributed by atoms with van der Waals surface area (Å²) in [4.78, 5) is 0. The van der Waals surface area contributed by atoms with E-state index in [1.165, 1.54) is 49.7 Å². The molecule has 1 radical (unpaired) electrons. The molecule has 1 aromatic rings. The van der Waals surface area contributed by atoms with Crippen LogP contribution in [0.1, 0.15) is 70.4 Å². The van der Waals surface area contributed by atoms with Crippen molar-refractivity contribution in [2.75, 3.05) is 0 Å². The van der Waals surface area contributed by atoms with Gasteiger partial charge in [-0.3, -0.25) is 0 Å². The molecule has 0 nitrogen and oxygen atoms in total. The molecule has 0 amide bonds. The molecule has 0 bridgehead atoms. The van der Waals surface area contributed by atoms with Gasteiger partial charge in [0.05, 0.1) is 0 Å². The minimum absolute atomic E-state index is 0.267.